The second kappa shape index (κ2) is 7.18. The molecule has 3 rings (SSSR count). The Morgan fingerprint density at radius 2 is 1.91 bits per heavy atom. The minimum absolute atomic E-state index is 0.146. The molecule has 5 heteroatoms. The summed E-state index contributed by atoms with van der Waals surface area (Å²) in [5.74, 6) is 0. The third-order valence-electron chi connectivity index (χ3n) is 3.78. The van der Waals surface area contributed by atoms with Gasteiger partial charge in [0.2, 0.25) is 0 Å². The highest BCUT2D eigenvalue weighted by Crippen LogP contribution is 2.26. The lowest BCUT2D eigenvalue weighted by atomic mass is 10.1. The Bertz CT molecular complexity index is 767. The Morgan fingerprint density at radius 1 is 1.13 bits per heavy atom. The number of nitrogens with one attached hydrogen (secondary N) is 1. The molecule has 1 heterocycles. The highest BCUT2D eigenvalue weighted by molar-refractivity contribution is 6.35. The van der Waals surface area contributed by atoms with Gasteiger partial charge in [0, 0.05) is 40.7 Å². The Kier molecular flexibility index (Phi) is 5.01. The zero-order chi connectivity index (χ0) is 16.2. The van der Waals surface area contributed by atoms with Gasteiger partial charge in [-0.2, -0.15) is 0 Å². The number of nitrogens with zero attached hydrogens (tertiary/aromatic N) is 2. The standard InChI is InChI=1S/C18H17Cl2N3/c1-13(17-7-4-15(19)10-18(17)20)22-11-14-2-5-16(6-3-14)23-9-8-21-12-23/h2-10,12-13,22H,11H2,1H3/t13-/m0/s1. The first-order chi connectivity index (χ1) is 11.1. The van der Waals surface area contributed by atoms with Gasteiger partial charge in [0.25, 0.3) is 0 Å². The van der Waals surface area contributed by atoms with Crippen LogP contribution in [0.3, 0.4) is 0 Å². The molecule has 3 aromatic rings. The number of hydrogen-bond acceptors (Lipinski definition) is 2. The van der Waals surface area contributed by atoms with Crippen LogP contribution in [0.15, 0.2) is 61.2 Å². The van der Waals surface area contributed by atoms with E-state index in [2.05, 4.69) is 41.5 Å². The lowest BCUT2D eigenvalue weighted by Crippen LogP contribution is -2.18. The highest BCUT2D eigenvalue weighted by atomic mass is 35.5. The lowest BCUT2D eigenvalue weighted by Gasteiger charge is -2.16. The van der Waals surface area contributed by atoms with Crippen molar-refractivity contribution in [2.45, 2.75) is 19.5 Å². The summed E-state index contributed by atoms with van der Waals surface area (Å²) in [6, 6.07) is 14.1. The molecule has 0 aliphatic heterocycles. The van der Waals surface area contributed by atoms with Gasteiger partial charge in [-0.25, -0.2) is 4.98 Å². The molecule has 0 aliphatic rings. The van der Waals surface area contributed by atoms with Crippen LogP contribution in [0.25, 0.3) is 5.69 Å². The van der Waals surface area contributed by atoms with E-state index >= 15 is 0 Å². The molecule has 1 N–H and O–H groups in total. The molecule has 23 heavy (non-hydrogen) atoms. The fourth-order valence-electron chi connectivity index (χ4n) is 2.43. The van der Waals surface area contributed by atoms with E-state index in [0.29, 0.717) is 10.0 Å². The van der Waals surface area contributed by atoms with Crippen LogP contribution >= 0.6 is 23.2 Å². The third-order valence-corrected chi connectivity index (χ3v) is 4.34. The van der Waals surface area contributed by atoms with E-state index in [1.807, 2.05) is 22.9 Å². The van der Waals surface area contributed by atoms with Crippen molar-refractivity contribution < 1.29 is 0 Å². The first-order valence-electron chi connectivity index (χ1n) is 7.39. The predicted molar refractivity (Wildman–Crippen MR) is 95.3 cm³/mol. The van der Waals surface area contributed by atoms with Gasteiger partial charge in [0.1, 0.15) is 0 Å². The SMILES string of the molecule is C[C@H](NCc1ccc(-n2ccnc2)cc1)c1ccc(Cl)cc1Cl. The van der Waals surface area contributed by atoms with Crippen LogP contribution < -0.4 is 5.32 Å². The van der Waals surface area contributed by atoms with Crippen LogP contribution in [-0.4, -0.2) is 9.55 Å². The lowest BCUT2D eigenvalue weighted by molar-refractivity contribution is 0.575. The highest BCUT2D eigenvalue weighted by Gasteiger charge is 2.09. The number of aromatic nitrogens is 2. The van der Waals surface area contributed by atoms with Crippen molar-refractivity contribution in [3.05, 3.63) is 82.4 Å². The van der Waals surface area contributed by atoms with Crippen molar-refractivity contribution in [1.29, 1.82) is 0 Å². The monoisotopic (exact) mass is 345 g/mol. The maximum atomic E-state index is 6.25. The summed E-state index contributed by atoms with van der Waals surface area (Å²) in [5.41, 5.74) is 3.36. The van der Waals surface area contributed by atoms with Crippen molar-refractivity contribution >= 4 is 23.2 Å². The second-order valence-corrected chi connectivity index (χ2v) is 6.25. The molecule has 118 valence electrons. The van der Waals surface area contributed by atoms with Gasteiger partial charge in [-0.15, -0.1) is 0 Å². The molecule has 0 aliphatic carbocycles. The molecule has 0 saturated carbocycles. The van der Waals surface area contributed by atoms with E-state index in [9.17, 15) is 0 Å². The van der Waals surface area contributed by atoms with Crippen molar-refractivity contribution in [2.75, 3.05) is 0 Å². The molecule has 0 fully saturated rings. The van der Waals surface area contributed by atoms with Crippen LogP contribution in [0.5, 0.6) is 0 Å². The van der Waals surface area contributed by atoms with Crippen LogP contribution in [0, 0.1) is 0 Å². The number of benzene rings is 2. The van der Waals surface area contributed by atoms with Crippen molar-refractivity contribution in [3.8, 4) is 5.69 Å². The number of imidazole rings is 1. The number of halogens is 2. The average molecular weight is 346 g/mol. The quantitative estimate of drug-likeness (QED) is 0.702. The third kappa shape index (κ3) is 3.94. The van der Waals surface area contributed by atoms with Crippen LogP contribution in [0.2, 0.25) is 10.0 Å². The summed E-state index contributed by atoms with van der Waals surface area (Å²) in [6.07, 6.45) is 5.49. The Labute approximate surface area is 145 Å². The molecule has 1 aromatic heterocycles. The van der Waals surface area contributed by atoms with Crippen molar-refractivity contribution in [1.82, 2.24) is 14.9 Å². The van der Waals surface area contributed by atoms with E-state index in [-0.39, 0.29) is 6.04 Å². The van der Waals surface area contributed by atoms with Crippen LogP contribution in [0.1, 0.15) is 24.1 Å². The Morgan fingerprint density at radius 3 is 2.57 bits per heavy atom. The van der Waals surface area contributed by atoms with E-state index in [0.717, 1.165) is 17.8 Å². The molecule has 0 radical (unpaired) electrons. The van der Waals surface area contributed by atoms with E-state index in [1.165, 1.54) is 5.56 Å². The smallest absolute Gasteiger partial charge is 0.0991 e. The number of rotatable bonds is 5. The van der Waals surface area contributed by atoms with Gasteiger partial charge in [-0.1, -0.05) is 41.4 Å². The molecular weight excluding hydrogens is 329 g/mol. The molecule has 3 nitrogen and oxygen atoms in total. The molecule has 0 saturated heterocycles. The fourth-order valence-corrected chi connectivity index (χ4v) is 3.00. The topological polar surface area (TPSA) is 29.9 Å². The zero-order valence-electron chi connectivity index (χ0n) is 12.7. The normalized spacial score (nSPS) is 12.3. The van der Waals surface area contributed by atoms with Gasteiger partial charge >= 0.3 is 0 Å². The Balaban J connectivity index is 1.63. The van der Waals surface area contributed by atoms with Gasteiger partial charge in [-0.05, 0) is 42.3 Å². The summed E-state index contributed by atoms with van der Waals surface area (Å²) >= 11 is 12.2. The fraction of sp³-hybridized carbons (Fsp3) is 0.167. The summed E-state index contributed by atoms with van der Waals surface area (Å²) in [7, 11) is 0. The predicted octanol–water partition coefficient (Wildman–Crippen LogP) is 5.03. The molecule has 0 unspecified atom stereocenters. The van der Waals surface area contributed by atoms with Gasteiger partial charge in [-0.3, -0.25) is 0 Å². The molecular formula is C18H17Cl2N3. The average Bonchev–Trinajstić information content (AvgIpc) is 3.07. The summed E-state index contributed by atoms with van der Waals surface area (Å²) in [6.45, 7) is 2.86. The first kappa shape index (κ1) is 16.1. The largest absolute Gasteiger partial charge is 0.306 e. The minimum Gasteiger partial charge on any atom is -0.306 e. The molecule has 0 bridgehead atoms. The molecule has 0 amide bonds. The maximum absolute atomic E-state index is 6.25. The molecule has 0 spiro atoms. The van der Waals surface area contributed by atoms with Crippen molar-refractivity contribution in [3.63, 3.8) is 0 Å². The second-order valence-electron chi connectivity index (χ2n) is 5.40. The van der Waals surface area contributed by atoms with Crippen LogP contribution in [0.4, 0.5) is 0 Å². The summed E-state index contributed by atoms with van der Waals surface area (Å²) < 4.78 is 1.98. The number of hydrogen-bond donors (Lipinski definition) is 1. The van der Waals surface area contributed by atoms with Gasteiger partial charge in [0.05, 0.1) is 6.33 Å². The zero-order valence-corrected chi connectivity index (χ0v) is 14.2. The van der Waals surface area contributed by atoms with E-state index < -0.39 is 0 Å². The summed E-state index contributed by atoms with van der Waals surface area (Å²) in [5, 5.41) is 4.82. The van der Waals surface area contributed by atoms with Crippen LogP contribution in [-0.2, 0) is 6.54 Å². The minimum atomic E-state index is 0.146. The van der Waals surface area contributed by atoms with Gasteiger partial charge in [0.15, 0.2) is 0 Å². The maximum Gasteiger partial charge on any atom is 0.0991 e. The van der Waals surface area contributed by atoms with E-state index in [4.69, 9.17) is 23.2 Å². The Hall–Kier alpha value is -1.81. The van der Waals surface area contributed by atoms with Gasteiger partial charge < -0.3 is 9.88 Å². The molecule has 1 atom stereocenters. The van der Waals surface area contributed by atoms with Crippen molar-refractivity contribution in [2.24, 2.45) is 0 Å². The molecule has 2 aromatic carbocycles. The summed E-state index contributed by atoms with van der Waals surface area (Å²) in [4.78, 5) is 4.06. The van der Waals surface area contributed by atoms with E-state index in [1.54, 1.807) is 18.6 Å². The first-order valence-corrected chi connectivity index (χ1v) is 8.14.